The molecule has 0 fully saturated rings. The summed E-state index contributed by atoms with van der Waals surface area (Å²) in [5, 5.41) is 3.26. The van der Waals surface area contributed by atoms with Gasteiger partial charge in [0.25, 0.3) is 0 Å². The van der Waals surface area contributed by atoms with E-state index in [4.69, 9.17) is 5.73 Å². The summed E-state index contributed by atoms with van der Waals surface area (Å²) < 4.78 is 0. The Morgan fingerprint density at radius 2 is 2.00 bits per heavy atom. The smallest absolute Gasteiger partial charge is 0.131 e. The van der Waals surface area contributed by atoms with Crippen molar-refractivity contribution < 1.29 is 0 Å². The Hall–Kier alpha value is -2.01. The van der Waals surface area contributed by atoms with Crippen molar-refractivity contribution in [2.24, 2.45) is 5.73 Å². The summed E-state index contributed by atoms with van der Waals surface area (Å²) in [4.78, 5) is 12.8. The Kier molecular flexibility index (Phi) is 4.60. The maximum absolute atomic E-state index is 5.48. The topological polar surface area (TPSA) is 76.7 Å². The molecule has 0 radical (unpaired) electrons. The molecule has 5 nitrogen and oxygen atoms in total. The average molecular weight is 243 g/mol. The molecule has 2 aromatic rings. The second kappa shape index (κ2) is 6.66. The lowest BCUT2D eigenvalue weighted by molar-refractivity contribution is 0.862. The van der Waals surface area contributed by atoms with E-state index < -0.39 is 0 Å². The van der Waals surface area contributed by atoms with Gasteiger partial charge in [0.15, 0.2) is 0 Å². The van der Waals surface area contributed by atoms with Crippen molar-refractivity contribution in [1.82, 2.24) is 15.0 Å². The fourth-order valence-corrected chi connectivity index (χ4v) is 1.61. The van der Waals surface area contributed by atoms with E-state index in [9.17, 15) is 0 Å². The van der Waals surface area contributed by atoms with Gasteiger partial charge in [-0.25, -0.2) is 9.97 Å². The highest BCUT2D eigenvalue weighted by Gasteiger charge is 1.98. The monoisotopic (exact) mass is 243 g/mol. The first-order valence-electron chi connectivity index (χ1n) is 6.04. The maximum atomic E-state index is 5.48. The molecule has 0 aliphatic carbocycles. The molecule has 0 amide bonds. The zero-order valence-electron chi connectivity index (χ0n) is 10.2. The molecule has 0 aliphatic heterocycles. The molecule has 94 valence electrons. The fourth-order valence-electron chi connectivity index (χ4n) is 1.61. The van der Waals surface area contributed by atoms with E-state index >= 15 is 0 Å². The molecule has 0 saturated heterocycles. The van der Waals surface area contributed by atoms with Gasteiger partial charge in [0.05, 0.1) is 0 Å². The van der Waals surface area contributed by atoms with Crippen LogP contribution in [0.5, 0.6) is 0 Å². The van der Waals surface area contributed by atoms with Gasteiger partial charge in [0, 0.05) is 37.5 Å². The van der Waals surface area contributed by atoms with Gasteiger partial charge in [-0.1, -0.05) is 6.07 Å². The molecule has 5 heteroatoms. The van der Waals surface area contributed by atoms with Gasteiger partial charge >= 0.3 is 0 Å². The highest BCUT2D eigenvalue weighted by molar-refractivity contribution is 5.33. The minimum Gasteiger partial charge on any atom is -0.370 e. The number of hydrogen-bond acceptors (Lipinski definition) is 5. The van der Waals surface area contributed by atoms with Crippen LogP contribution in [0.2, 0.25) is 0 Å². The van der Waals surface area contributed by atoms with Crippen molar-refractivity contribution in [3.05, 3.63) is 48.2 Å². The third-order valence-electron chi connectivity index (χ3n) is 2.49. The largest absolute Gasteiger partial charge is 0.370 e. The third-order valence-corrected chi connectivity index (χ3v) is 2.49. The zero-order valence-corrected chi connectivity index (χ0v) is 10.2. The van der Waals surface area contributed by atoms with E-state index in [-0.39, 0.29) is 0 Å². The van der Waals surface area contributed by atoms with E-state index in [0.717, 1.165) is 30.3 Å². The Morgan fingerprint density at radius 1 is 1.06 bits per heavy atom. The number of nitrogens with zero attached hydrogens (tertiary/aromatic N) is 3. The predicted molar refractivity (Wildman–Crippen MR) is 71.2 cm³/mol. The Morgan fingerprint density at radius 3 is 2.78 bits per heavy atom. The first-order chi connectivity index (χ1) is 8.88. The van der Waals surface area contributed by atoms with Crippen LogP contribution in [0, 0.1) is 0 Å². The minimum absolute atomic E-state index is 0.567. The van der Waals surface area contributed by atoms with Gasteiger partial charge in [0.1, 0.15) is 11.6 Å². The van der Waals surface area contributed by atoms with Crippen molar-refractivity contribution in [1.29, 1.82) is 0 Å². The van der Waals surface area contributed by atoms with E-state index in [1.807, 2.05) is 24.3 Å². The summed E-state index contributed by atoms with van der Waals surface area (Å²) in [6, 6.07) is 7.78. The van der Waals surface area contributed by atoms with E-state index in [0.29, 0.717) is 13.0 Å². The van der Waals surface area contributed by atoms with Crippen LogP contribution in [-0.4, -0.2) is 28.0 Å². The highest BCUT2D eigenvalue weighted by atomic mass is 15.0. The molecular weight excluding hydrogens is 226 g/mol. The molecule has 18 heavy (non-hydrogen) atoms. The van der Waals surface area contributed by atoms with Gasteiger partial charge in [-0.05, 0) is 24.7 Å². The zero-order chi connectivity index (χ0) is 12.6. The van der Waals surface area contributed by atoms with Crippen LogP contribution >= 0.6 is 0 Å². The average Bonchev–Trinajstić information content (AvgIpc) is 2.41. The van der Waals surface area contributed by atoms with Crippen LogP contribution in [0.4, 0.5) is 5.82 Å². The SMILES string of the molecule is NCCc1nccc(NCCc2ccccn2)n1. The van der Waals surface area contributed by atoms with Crippen LogP contribution in [0.15, 0.2) is 36.7 Å². The van der Waals surface area contributed by atoms with E-state index in [1.54, 1.807) is 12.4 Å². The lowest BCUT2D eigenvalue weighted by atomic mass is 10.3. The van der Waals surface area contributed by atoms with Crippen molar-refractivity contribution in [2.45, 2.75) is 12.8 Å². The molecule has 0 bridgehead atoms. The molecule has 0 unspecified atom stereocenters. The Bertz CT molecular complexity index is 472. The number of aromatic nitrogens is 3. The summed E-state index contributed by atoms with van der Waals surface area (Å²) in [7, 11) is 0. The number of pyridine rings is 1. The molecule has 2 heterocycles. The van der Waals surface area contributed by atoms with Crippen molar-refractivity contribution in [2.75, 3.05) is 18.4 Å². The lowest BCUT2D eigenvalue weighted by Gasteiger charge is -2.06. The van der Waals surface area contributed by atoms with Crippen molar-refractivity contribution >= 4 is 5.82 Å². The number of anilines is 1. The summed E-state index contributed by atoms with van der Waals surface area (Å²) in [5.74, 6) is 1.62. The van der Waals surface area contributed by atoms with Crippen molar-refractivity contribution in [3.8, 4) is 0 Å². The lowest BCUT2D eigenvalue weighted by Crippen LogP contribution is -2.10. The summed E-state index contributed by atoms with van der Waals surface area (Å²) in [5.41, 5.74) is 6.55. The van der Waals surface area contributed by atoms with Crippen LogP contribution < -0.4 is 11.1 Å². The normalized spacial score (nSPS) is 10.3. The highest BCUT2D eigenvalue weighted by Crippen LogP contribution is 2.03. The Labute approximate surface area is 106 Å². The van der Waals surface area contributed by atoms with Gasteiger partial charge < -0.3 is 11.1 Å². The van der Waals surface area contributed by atoms with Gasteiger partial charge in [-0.3, -0.25) is 4.98 Å². The summed E-state index contributed by atoms with van der Waals surface area (Å²) >= 11 is 0. The van der Waals surface area contributed by atoms with Crippen LogP contribution in [-0.2, 0) is 12.8 Å². The van der Waals surface area contributed by atoms with Crippen LogP contribution in [0.1, 0.15) is 11.5 Å². The van der Waals surface area contributed by atoms with Gasteiger partial charge in [-0.2, -0.15) is 0 Å². The second-order valence-electron chi connectivity index (χ2n) is 3.89. The molecule has 0 saturated carbocycles. The van der Waals surface area contributed by atoms with Gasteiger partial charge in [0.2, 0.25) is 0 Å². The van der Waals surface area contributed by atoms with Crippen LogP contribution in [0.3, 0.4) is 0 Å². The molecule has 0 aromatic carbocycles. The van der Waals surface area contributed by atoms with Crippen LogP contribution in [0.25, 0.3) is 0 Å². The number of hydrogen-bond donors (Lipinski definition) is 2. The third kappa shape index (κ3) is 3.78. The standard InChI is InChI=1S/C13H17N5/c14-7-4-12-17-10-6-13(18-12)16-9-5-11-3-1-2-8-15-11/h1-3,6,8,10H,4-5,7,9,14H2,(H,16,17,18). The molecule has 3 N–H and O–H groups in total. The fraction of sp³-hybridized carbons (Fsp3) is 0.308. The number of nitrogens with two attached hydrogens (primary N) is 1. The first-order valence-corrected chi connectivity index (χ1v) is 6.04. The first kappa shape index (κ1) is 12.4. The maximum Gasteiger partial charge on any atom is 0.131 e. The summed E-state index contributed by atoms with van der Waals surface area (Å²) in [6.45, 7) is 1.37. The predicted octanol–water partition coefficient (Wildman–Crippen LogP) is 1.03. The minimum atomic E-state index is 0.567. The molecule has 2 rings (SSSR count). The van der Waals surface area contributed by atoms with Gasteiger partial charge in [-0.15, -0.1) is 0 Å². The Balaban J connectivity index is 1.84. The van der Waals surface area contributed by atoms with E-state index in [2.05, 4.69) is 20.3 Å². The molecule has 0 atom stereocenters. The molecule has 0 aliphatic rings. The quantitative estimate of drug-likeness (QED) is 0.792. The summed E-state index contributed by atoms with van der Waals surface area (Å²) in [6.07, 6.45) is 5.13. The number of rotatable bonds is 6. The molecular formula is C13H17N5. The van der Waals surface area contributed by atoms with Crippen molar-refractivity contribution in [3.63, 3.8) is 0 Å². The second-order valence-corrected chi connectivity index (χ2v) is 3.89. The molecule has 2 aromatic heterocycles. The van der Waals surface area contributed by atoms with E-state index in [1.165, 1.54) is 0 Å². The molecule has 0 spiro atoms. The number of nitrogens with one attached hydrogen (secondary N) is 1.